The van der Waals surface area contributed by atoms with Crippen molar-refractivity contribution >= 4 is 33.3 Å². The minimum atomic E-state index is -3.50. The minimum absolute atomic E-state index is 0.0358. The van der Waals surface area contributed by atoms with Gasteiger partial charge in [0.05, 0.1) is 9.92 Å². The summed E-state index contributed by atoms with van der Waals surface area (Å²) in [5.41, 5.74) is 0.219. The molecule has 2 amide bonds. The number of rotatable bonds is 3. The third-order valence-corrected chi connectivity index (χ3v) is 4.77. The van der Waals surface area contributed by atoms with Crippen LogP contribution in [0, 0.1) is 0 Å². The molecule has 114 valence electrons. The zero-order valence-corrected chi connectivity index (χ0v) is 12.9. The molecule has 1 aliphatic rings. The van der Waals surface area contributed by atoms with E-state index in [1.807, 2.05) is 0 Å². The first-order chi connectivity index (χ1) is 9.77. The van der Waals surface area contributed by atoms with Crippen LogP contribution in [0.2, 0.25) is 5.02 Å². The van der Waals surface area contributed by atoms with E-state index in [-0.39, 0.29) is 27.4 Å². The Morgan fingerprint density at radius 2 is 2.14 bits per heavy atom. The van der Waals surface area contributed by atoms with Crippen LogP contribution in [0.5, 0.6) is 0 Å². The van der Waals surface area contributed by atoms with Gasteiger partial charge in [0.25, 0.3) is 5.91 Å². The lowest BCUT2D eigenvalue weighted by Crippen LogP contribution is -2.47. The van der Waals surface area contributed by atoms with Gasteiger partial charge in [-0.3, -0.25) is 9.59 Å². The van der Waals surface area contributed by atoms with E-state index in [9.17, 15) is 18.0 Å². The van der Waals surface area contributed by atoms with Crippen molar-refractivity contribution in [2.24, 2.45) is 0 Å². The summed E-state index contributed by atoms with van der Waals surface area (Å²) in [6.45, 7) is 0.372. The van der Waals surface area contributed by atoms with Crippen LogP contribution < -0.4 is 10.6 Å². The van der Waals surface area contributed by atoms with Crippen LogP contribution in [0.4, 0.5) is 0 Å². The summed E-state index contributed by atoms with van der Waals surface area (Å²) in [7, 11) is -3.50. The second kappa shape index (κ2) is 6.03. The number of nitrogens with one attached hydrogen (secondary N) is 2. The number of halogens is 1. The fraction of sp³-hybridized carbons (Fsp3) is 0.385. The molecule has 6 nitrogen and oxygen atoms in total. The summed E-state index contributed by atoms with van der Waals surface area (Å²) < 4.78 is 23.2. The SMILES string of the molecule is CS(=O)(=O)c1cc(C(=O)NC2CCC(=O)NC2)ccc1Cl. The topological polar surface area (TPSA) is 92.3 Å². The molecule has 0 bridgehead atoms. The van der Waals surface area contributed by atoms with Crippen molar-refractivity contribution in [3.8, 4) is 0 Å². The highest BCUT2D eigenvalue weighted by Gasteiger charge is 2.21. The van der Waals surface area contributed by atoms with Gasteiger partial charge in [-0.25, -0.2) is 8.42 Å². The second-order valence-electron chi connectivity index (χ2n) is 4.93. The van der Waals surface area contributed by atoms with Crippen molar-refractivity contribution in [2.75, 3.05) is 12.8 Å². The molecular formula is C13H15ClN2O4S. The fourth-order valence-electron chi connectivity index (χ4n) is 2.05. The molecule has 1 atom stereocenters. The third kappa shape index (κ3) is 3.95. The molecule has 1 aromatic rings. The highest BCUT2D eigenvalue weighted by Crippen LogP contribution is 2.22. The molecule has 0 radical (unpaired) electrons. The molecule has 1 saturated heterocycles. The van der Waals surface area contributed by atoms with Gasteiger partial charge in [0.1, 0.15) is 0 Å². The summed E-state index contributed by atoms with van der Waals surface area (Å²) in [5.74, 6) is -0.427. The zero-order chi connectivity index (χ0) is 15.6. The maximum Gasteiger partial charge on any atom is 0.251 e. The summed E-state index contributed by atoms with van der Waals surface area (Å²) in [4.78, 5) is 23.1. The lowest BCUT2D eigenvalue weighted by molar-refractivity contribution is -0.122. The van der Waals surface area contributed by atoms with Crippen LogP contribution in [0.1, 0.15) is 23.2 Å². The van der Waals surface area contributed by atoms with Gasteiger partial charge in [-0.2, -0.15) is 0 Å². The monoisotopic (exact) mass is 330 g/mol. The highest BCUT2D eigenvalue weighted by atomic mass is 35.5. The Bertz CT molecular complexity index is 677. The van der Waals surface area contributed by atoms with E-state index in [0.29, 0.717) is 19.4 Å². The number of benzene rings is 1. The van der Waals surface area contributed by atoms with E-state index in [1.165, 1.54) is 18.2 Å². The summed E-state index contributed by atoms with van der Waals surface area (Å²) >= 11 is 5.84. The largest absolute Gasteiger partial charge is 0.354 e. The Balaban J connectivity index is 2.15. The maximum absolute atomic E-state index is 12.1. The molecular weight excluding hydrogens is 316 g/mol. The standard InChI is InChI=1S/C13H15ClN2O4S/c1-21(19,20)11-6-8(2-4-10(11)14)13(18)16-9-3-5-12(17)15-7-9/h2,4,6,9H,3,5,7H2,1H3,(H,15,17)(H,16,18). The first-order valence-corrected chi connectivity index (χ1v) is 8.61. The fourth-order valence-corrected chi connectivity index (χ4v) is 3.35. The van der Waals surface area contributed by atoms with Gasteiger partial charge in [0.2, 0.25) is 5.91 Å². The van der Waals surface area contributed by atoms with Crippen LogP contribution in [-0.4, -0.2) is 39.1 Å². The molecule has 0 spiro atoms. The number of amides is 2. The number of carbonyl (C=O) groups is 2. The molecule has 2 rings (SSSR count). The van der Waals surface area contributed by atoms with Crippen LogP contribution in [0.15, 0.2) is 23.1 Å². The van der Waals surface area contributed by atoms with Gasteiger partial charge >= 0.3 is 0 Å². The third-order valence-electron chi connectivity index (χ3n) is 3.19. The van der Waals surface area contributed by atoms with E-state index in [4.69, 9.17) is 11.6 Å². The molecule has 0 saturated carbocycles. The number of carbonyl (C=O) groups excluding carboxylic acids is 2. The van der Waals surface area contributed by atoms with Gasteiger partial charge < -0.3 is 10.6 Å². The Morgan fingerprint density at radius 1 is 1.43 bits per heavy atom. The van der Waals surface area contributed by atoms with Gasteiger partial charge in [0, 0.05) is 30.8 Å². The van der Waals surface area contributed by atoms with Gasteiger partial charge in [0.15, 0.2) is 9.84 Å². The summed E-state index contributed by atoms with van der Waals surface area (Å²) in [6.07, 6.45) is 1.96. The average molecular weight is 331 g/mol. The van der Waals surface area contributed by atoms with Crippen molar-refractivity contribution in [3.05, 3.63) is 28.8 Å². The molecule has 8 heteroatoms. The van der Waals surface area contributed by atoms with Crippen molar-refractivity contribution in [1.29, 1.82) is 0 Å². The van der Waals surface area contributed by atoms with Crippen molar-refractivity contribution in [3.63, 3.8) is 0 Å². The van der Waals surface area contributed by atoms with Crippen LogP contribution in [-0.2, 0) is 14.6 Å². The van der Waals surface area contributed by atoms with Gasteiger partial charge in [-0.15, -0.1) is 0 Å². The quantitative estimate of drug-likeness (QED) is 0.855. The predicted octanol–water partition coefficient (Wildman–Crippen LogP) is 0.752. The lowest BCUT2D eigenvalue weighted by atomic mass is 10.1. The molecule has 2 N–H and O–H groups in total. The van der Waals surface area contributed by atoms with Crippen molar-refractivity contribution in [1.82, 2.24) is 10.6 Å². The Kier molecular flexibility index (Phi) is 4.53. The number of sulfone groups is 1. The first-order valence-electron chi connectivity index (χ1n) is 6.34. The Hall–Kier alpha value is -1.60. The second-order valence-corrected chi connectivity index (χ2v) is 7.32. The van der Waals surface area contributed by atoms with Crippen LogP contribution in [0.3, 0.4) is 0 Å². The van der Waals surface area contributed by atoms with Crippen LogP contribution >= 0.6 is 11.6 Å². The first kappa shape index (κ1) is 15.8. The van der Waals surface area contributed by atoms with E-state index in [1.54, 1.807) is 0 Å². The maximum atomic E-state index is 12.1. The van der Waals surface area contributed by atoms with Gasteiger partial charge in [-0.05, 0) is 24.6 Å². The summed E-state index contributed by atoms with van der Waals surface area (Å²) in [5, 5.41) is 5.51. The molecule has 1 fully saturated rings. The number of hydrogen-bond donors (Lipinski definition) is 2. The normalized spacial score (nSPS) is 19.0. The van der Waals surface area contributed by atoms with Gasteiger partial charge in [-0.1, -0.05) is 11.6 Å². The van der Waals surface area contributed by atoms with E-state index >= 15 is 0 Å². The molecule has 1 aromatic carbocycles. The minimum Gasteiger partial charge on any atom is -0.354 e. The van der Waals surface area contributed by atoms with E-state index < -0.39 is 15.7 Å². The van der Waals surface area contributed by atoms with Crippen molar-refractivity contribution in [2.45, 2.75) is 23.8 Å². The Morgan fingerprint density at radius 3 is 2.71 bits per heavy atom. The summed E-state index contributed by atoms with van der Waals surface area (Å²) in [6, 6.07) is 3.95. The van der Waals surface area contributed by atoms with Crippen LogP contribution in [0.25, 0.3) is 0 Å². The smallest absolute Gasteiger partial charge is 0.251 e. The highest BCUT2D eigenvalue weighted by molar-refractivity contribution is 7.90. The lowest BCUT2D eigenvalue weighted by Gasteiger charge is -2.23. The predicted molar refractivity (Wildman–Crippen MR) is 78.1 cm³/mol. The average Bonchev–Trinajstić information content (AvgIpc) is 2.40. The molecule has 1 unspecified atom stereocenters. The molecule has 1 aliphatic heterocycles. The van der Waals surface area contributed by atoms with Crippen molar-refractivity contribution < 1.29 is 18.0 Å². The molecule has 0 aromatic heterocycles. The Labute approximate surface area is 127 Å². The van der Waals surface area contributed by atoms with E-state index in [2.05, 4.69) is 10.6 Å². The number of hydrogen-bond acceptors (Lipinski definition) is 4. The van der Waals surface area contributed by atoms with E-state index in [0.717, 1.165) is 6.26 Å². The number of piperidine rings is 1. The zero-order valence-electron chi connectivity index (χ0n) is 11.3. The molecule has 0 aliphatic carbocycles. The molecule has 21 heavy (non-hydrogen) atoms. The molecule has 1 heterocycles.